The predicted octanol–water partition coefficient (Wildman–Crippen LogP) is 3.42. The van der Waals surface area contributed by atoms with E-state index >= 15 is 0 Å². The van der Waals surface area contributed by atoms with Crippen molar-refractivity contribution < 1.29 is 19.0 Å². The molecule has 1 amide bonds. The molecule has 3 heterocycles. The van der Waals surface area contributed by atoms with Gasteiger partial charge in [0, 0.05) is 13.1 Å². The number of para-hydroxylation sites is 2. The van der Waals surface area contributed by atoms with Gasteiger partial charge in [0.15, 0.2) is 17.6 Å². The molecule has 1 fully saturated rings. The molecule has 1 saturated heterocycles. The number of likely N-dealkylation sites (tertiary alicyclic amines) is 1. The van der Waals surface area contributed by atoms with Crippen LogP contribution in [-0.4, -0.2) is 46.1 Å². The first-order valence-electron chi connectivity index (χ1n) is 10.4. The van der Waals surface area contributed by atoms with E-state index in [1.165, 1.54) is 0 Å². The zero-order valence-electron chi connectivity index (χ0n) is 18.0. The minimum absolute atomic E-state index is 0.154. The van der Waals surface area contributed by atoms with Gasteiger partial charge in [-0.3, -0.25) is 0 Å². The number of hydrogen-bond acceptors (Lipinski definition) is 7. The molecule has 2 aliphatic heterocycles. The Morgan fingerprint density at radius 2 is 2.06 bits per heavy atom. The van der Waals surface area contributed by atoms with Gasteiger partial charge >= 0.3 is 6.09 Å². The third kappa shape index (κ3) is 4.24. The lowest BCUT2D eigenvalue weighted by Gasteiger charge is -2.34. The fraction of sp³-hybridized carbons (Fsp3) is 0.500. The second-order valence-corrected chi connectivity index (χ2v) is 8.79. The standard InChI is InChI=1S/C22H27N5O4/c1-22(2,3)31-21(28)26-10-6-7-14(12-26)27-20(24)15(11-23)19(25-27)18-13-29-16-8-4-5-9-17(16)30-18/h4-5,8-9,14,18H,6-7,10,12-13,24H2,1-3H3/t14-,18?/m1/s1. The Morgan fingerprint density at radius 3 is 2.77 bits per heavy atom. The first kappa shape index (κ1) is 20.8. The van der Waals surface area contributed by atoms with Gasteiger partial charge in [-0.25, -0.2) is 9.48 Å². The van der Waals surface area contributed by atoms with Crippen LogP contribution in [0.3, 0.4) is 0 Å². The van der Waals surface area contributed by atoms with Gasteiger partial charge in [-0.1, -0.05) is 12.1 Å². The Morgan fingerprint density at radius 1 is 1.32 bits per heavy atom. The maximum Gasteiger partial charge on any atom is 0.410 e. The number of hydrogen-bond donors (Lipinski definition) is 1. The molecule has 2 N–H and O–H groups in total. The van der Waals surface area contributed by atoms with Crippen LogP contribution in [0.5, 0.6) is 11.5 Å². The number of nitriles is 1. The summed E-state index contributed by atoms with van der Waals surface area (Å²) in [5, 5.41) is 14.4. The predicted molar refractivity (Wildman–Crippen MR) is 113 cm³/mol. The van der Waals surface area contributed by atoms with Crippen molar-refractivity contribution in [2.75, 3.05) is 25.4 Å². The zero-order valence-corrected chi connectivity index (χ0v) is 18.0. The molecular formula is C22H27N5O4. The van der Waals surface area contributed by atoms with Gasteiger partial charge in [0.2, 0.25) is 0 Å². The lowest BCUT2D eigenvalue weighted by atomic mass is 10.1. The van der Waals surface area contributed by atoms with Crippen LogP contribution in [0.25, 0.3) is 0 Å². The zero-order chi connectivity index (χ0) is 22.2. The van der Waals surface area contributed by atoms with Crippen LogP contribution in [0.15, 0.2) is 24.3 Å². The summed E-state index contributed by atoms with van der Waals surface area (Å²) in [4.78, 5) is 14.2. The number of nitrogens with two attached hydrogens (primary N) is 1. The summed E-state index contributed by atoms with van der Waals surface area (Å²) in [6.07, 6.45) is 0.680. The molecule has 9 nitrogen and oxygen atoms in total. The van der Waals surface area contributed by atoms with Crippen molar-refractivity contribution >= 4 is 11.9 Å². The maximum atomic E-state index is 12.5. The summed E-state index contributed by atoms with van der Waals surface area (Å²) in [5.41, 5.74) is 6.48. The summed E-state index contributed by atoms with van der Waals surface area (Å²) < 4.78 is 19.0. The van der Waals surface area contributed by atoms with Crippen LogP contribution >= 0.6 is 0 Å². The van der Waals surface area contributed by atoms with E-state index in [2.05, 4.69) is 11.2 Å². The molecule has 0 bridgehead atoms. The SMILES string of the molecule is CC(C)(C)OC(=O)N1CCC[C@@H](n2nc(C3COc4ccccc4O3)c(C#N)c2N)C1. The normalized spacial score (nSPS) is 20.8. The van der Waals surface area contributed by atoms with Crippen molar-refractivity contribution in [1.82, 2.24) is 14.7 Å². The number of nitrogen functional groups attached to an aromatic ring is 1. The van der Waals surface area contributed by atoms with Crippen molar-refractivity contribution in [2.24, 2.45) is 0 Å². The van der Waals surface area contributed by atoms with Crippen molar-refractivity contribution in [2.45, 2.75) is 51.4 Å². The molecule has 1 aromatic heterocycles. The second-order valence-electron chi connectivity index (χ2n) is 8.79. The molecule has 4 rings (SSSR count). The van der Waals surface area contributed by atoms with E-state index < -0.39 is 11.7 Å². The van der Waals surface area contributed by atoms with E-state index in [1.807, 2.05) is 45.0 Å². The van der Waals surface area contributed by atoms with E-state index in [-0.39, 0.29) is 30.1 Å². The third-order valence-corrected chi connectivity index (χ3v) is 5.29. The quantitative estimate of drug-likeness (QED) is 0.784. The van der Waals surface area contributed by atoms with Gasteiger partial charge in [0.1, 0.15) is 35.4 Å². The Labute approximate surface area is 181 Å². The topological polar surface area (TPSA) is 116 Å². The van der Waals surface area contributed by atoms with Crippen LogP contribution in [0, 0.1) is 11.3 Å². The highest BCUT2D eigenvalue weighted by atomic mass is 16.6. The summed E-state index contributed by atoms with van der Waals surface area (Å²) in [6, 6.07) is 9.38. The minimum atomic E-state index is -0.565. The molecule has 31 heavy (non-hydrogen) atoms. The average molecular weight is 425 g/mol. The van der Waals surface area contributed by atoms with E-state index in [0.29, 0.717) is 30.3 Å². The number of nitrogens with zero attached hydrogens (tertiary/aromatic N) is 4. The van der Waals surface area contributed by atoms with Gasteiger partial charge in [0.05, 0.1) is 6.04 Å². The molecule has 1 aromatic carbocycles. The minimum Gasteiger partial charge on any atom is -0.485 e. The number of piperidine rings is 1. The van der Waals surface area contributed by atoms with Gasteiger partial charge in [-0.2, -0.15) is 10.4 Å². The third-order valence-electron chi connectivity index (χ3n) is 5.29. The van der Waals surface area contributed by atoms with Crippen molar-refractivity contribution in [1.29, 1.82) is 5.26 Å². The molecular weight excluding hydrogens is 398 g/mol. The van der Waals surface area contributed by atoms with Crippen molar-refractivity contribution in [3.63, 3.8) is 0 Å². The molecule has 0 saturated carbocycles. The number of carbonyl (C=O) groups is 1. The van der Waals surface area contributed by atoms with Crippen LogP contribution in [0.2, 0.25) is 0 Å². The number of fused-ring (bicyclic) bond motifs is 1. The van der Waals surface area contributed by atoms with Gasteiger partial charge in [-0.15, -0.1) is 0 Å². The fourth-order valence-corrected chi connectivity index (χ4v) is 3.88. The van der Waals surface area contributed by atoms with Gasteiger partial charge < -0.3 is 24.8 Å². The Kier molecular flexibility index (Phi) is 5.39. The molecule has 0 radical (unpaired) electrons. The van der Waals surface area contributed by atoms with E-state index in [9.17, 15) is 10.1 Å². The summed E-state index contributed by atoms with van der Waals surface area (Å²) in [5.74, 6) is 1.53. The van der Waals surface area contributed by atoms with Crippen molar-refractivity contribution in [3.8, 4) is 17.6 Å². The highest BCUT2D eigenvalue weighted by Gasteiger charge is 2.34. The lowest BCUT2D eigenvalue weighted by molar-refractivity contribution is 0.0167. The monoisotopic (exact) mass is 425 g/mol. The molecule has 164 valence electrons. The molecule has 9 heteroatoms. The van der Waals surface area contributed by atoms with Crippen LogP contribution < -0.4 is 15.2 Å². The summed E-state index contributed by atoms with van der Waals surface area (Å²) in [7, 11) is 0. The number of aromatic nitrogens is 2. The highest BCUT2D eigenvalue weighted by molar-refractivity contribution is 5.68. The van der Waals surface area contributed by atoms with Gasteiger partial charge in [-0.05, 0) is 45.7 Å². The Bertz CT molecular complexity index is 1020. The van der Waals surface area contributed by atoms with Crippen molar-refractivity contribution in [3.05, 3.63) is 35.5 Å². The molecule has 0 spiro atoms. The molecule has 2 aliphatic rings. The van der Waals surface area contributed by atoms with Crippen LogP contribution in [-0.2, 0) is 4.74 Å². The lowest BCUT2D eigenvalue weighted by Crippen LogP contribution is -2.43. The number of benzene rings is 1. The average Bonchev–Trinajstić information content (AvgIpc) is 3.08. The summed E-state index contributed by atoms with van der Waals surface area (Å²) in [6.45, 7) is 6.78. The Hall–Kier alpha value is -3.41. The first-order chi connectivity index (χ1) is 14.8. The summed E-state index contributed by atoms with van der Waals surface area (Å²) >= 11 is 0. The fourth-order valence-electron chi connectivity index (χ4n) is 3.88. The number of anilines is 1. The van der Waals surface area contributed by atoms with E-state index in [1.54, 1.807) is 9.58 Å². The molecule has 0 aliphatic carbocycles. The van der Waals surface area contributed by atoms with E-state index in [4.69, 9.17) is 19.9 Å². The second kappa shape index (κ2) is 8.02. The van der Waals surface area contributed by atoms with Gasteiger partial charge in [0.25, 0.3) is 0 Å². The maximum absolute atomic E-state index is 12.5. The number of amides is 1. The van der Waals surface area contributed by atoms with Crippen LogP contribution in [0.4, 0.5) is 10.6 Å². The number of ether oxygens (including phenoxy) is 3. The molecule has 2 atom stereocenters. The number of rotatable bonds is 2. The number of carbonyl (C=O) groups excluding carboxylic acids is 1. The highest BCUT2D eigenvalue weighted by Crippen LogP contribution is 2.38. The first-order valence-corrected chi connectivity index (χ1v) is 10.4. The smallest absolute Gasteiger partial charge is 0.410 e. The molecule has 2 aromatic rings. The Balaban J connectivity index is 1.57. The molecule has 1 unspecified atom stereocenters. The van der Waals surface area contributed by atoms with Crippen LogP contribution in [0.1, 0.15) is 57.0 Å². The van der Waals surface area contributed by atoms with E-state index in [0.717, 1.165) is 12.8 Å². The largest absolute Gasteiger partial charge is 0.485 e.